The molecule has 0 bridgehead atoms. The first-order valence-electron chi connectivity index (χ1n) is 7.29. The molecule has 2 aromatic rings. The molecule has 0 aliphatic heterocycles. The number of sulfone groups is 1. The highest BCUT2D eigenvalue weighted by Crippen LogP contribution is 2.46. The van der Waals surface area contributed by atoms with Crippen LogP contribution in [0.25, 0.3) is 11.1 Å². The van der Waals surface area contributed by atoms with Crippen molar-refractivity contribution in [2.24, 2.45) is 0 Å². The van der Waals surface area contributed by atoms with Crippen LogP contribution in [0.4, 0.5) is 17.6 Å². The van der Waals surface area contributed by atoms with Crippen LogP contribution in [0.15, 0.2) is 36.4 Å². The fourth-order valence-electron chi connectivity index (χ4n) is 3.20. The van der Waals surface area contributed by atoms with Crippen LogP contribution in [0.1, 0.15) is 28.4 Å². The highest BCUT2D eigenvalue weighted by molar-refractivity contribution is 7.92. The van der Waals surface area contributed by atoms with Crippen LogP contribution in [-0.4, -0.2) is 13.9 Å². The van der Waals surface area contributed by atoms with Crippen molar-refractivity contribution in [2.75, 3.05) is 0 Å². The van der Waals surface area contributed by atoms with Gasteiger partial charge in [-0.1, -0.05) is 24.3 Å². The maximum Gasteiger partial charge on any atom is 0.498 e. The van der Waals surface area contributed by atoms with E-state index in [0.717, 1.165) is 12.1 Å². The predicted octanol–water partition coefficient (Wildman–Crippen LogP) is 4.29. The lowest BCUT2D eigenvalue weighted by Gasteiger charge is -2.16. The zero-order valence-electron chi connectivity index (χ0n) is 12.6. The minimum absolute atomic E-state index is 0.0375. The number of alkyl halides is 3. The third-order valence-electron chi connectivity index (χ3n) is 4.31. The normalized spacial score (nSPS) is 17.2. The van der Waals surface area contributed by atoms with Gasteiger partial charge in [0.25, 0.3) is 9.84 Å². The summed E-state index contributed by atoms with van der Waals surface area (Å²) in [7, 11) is -5.34. The molecule has 3 nitrogen and oxygen atoms in total. The summed E-state index contributed by atoms with van der Waals surface area (Å²) in [4.78, 5) is 0. The molecule has 0 spiro atoms. The summed E-state index contributed by atoms with van der Waals surface area (Å²) in [6.07, 6.45) is -0.0506. The van der Waals surface area contributed by atoms with Gasteiger partial charge >= 0.3 is 5.51 Å². The van der Waals surface area contributed by atoms with Crippen LogP contribution in [0, 0.1) is 17.1 Å². The smallest absolute Gasteiger partial charge is 0.219 e. The first-order valence-corrected chi connectivity index (χ1v) is 8.83. The first kappa shape index (κ1) is 17.4. The molecule has 1 aliphatic carbocycles. The highest BCUT2D eigenvalue weighted by Gasteiger charge is 2.52. The Morgan fingerprint density at radius 3 is 2.48 bits per heavy atom. The molecule has 8 heteroatoms. The summed E-state index contributed by atoms with van der Waals surface area (Å²) >= 11 is 0. The Morgan fingerprint density at radius 2 is 1.84 bits per heavy atom. The van der Waals surface area contributed by atoms with Crippen molar-refractivity contribution in [1.29, 1.82) is 5.26 Å². The SMILES string of the molecule is N#Cc1cc(F)ccc1-c1cccc2c1CCC2S(=O)(=O)C(F)(F)F. The molecule has 0 heterocycles. The second-order valence-corrected chi connectivity index (χ2v) is 7.82. The molecule has 3 rings (SSSR count). The lowest BCUT2D eigenvalue weighted by molar-refractivity contribution is -0.0445. The predicted molar refractivity (Wildman–Crippen MR) is 82.6 cm³/mol. The number of nitriles is 1. The van der Waals surface area contributed by atoms with Gasteiger partial charge in [0, 0.05) is 0 Å². The molecule has 0 saturated heterocycles. The summed E-state index contributed by atoms with van der Waals surface area (Å²) in [6.45, 7) is 0. The van der Waals surface area contributed by atoms with Crippen molar-refractivity contribution in [1.82, 2.24) is 0 Å². The van der Waals surface area contributed by atoms with Crippen LogP contribution in [0.2, 0.25) is 0 Å². The van der Waals surface area contributed by atoms with Crippen molar-refractivity contribution in [3.63, 3.8) is 0 Å². The highest BCUT2D eigenvalue weighted by atomic mass is 32.2. The van der Waals surface area contributed by atoms with Crippen LogP contribution >= 0.6 is 0 Å². The van der Waals surface area contributed by atoms with E-state index in [1.807, 2.05) is 6.07 Å². The first-order chi connectivity index (χ1) is 11.7. The van der Waals surface area contributed by atoms with Gasteiger partial charge < -0.3 is 0 Å². The van der Waals surface area contributed by atoms with E-state index in [1.54, 1.807) is 6.07 Å². The van der Waals surface area contributed by atoms with Crippen LogP contribution in [0.3, 0.4) is 0 Å². The molecule has 0 N–H and O–H groups in total. The van der Waals surface area contributed by atoms with Crippen LogP contribution in [0.5, 0.6) is 0 Å². The molecule has 130 valence electrons. The third-order valence-corrected chi connectivity index (χ3v) is 6.19. The number of rotatable bonds is 2. The van der Waals surface area contributed by atoms with Gasteiger partial charge in [0.1, 0.15) is 5.82 Å². The van der Waals surface area contributed by atoms with Crippen molar-refractivity contribution < 1.29 is 26.0 Å². The summed E-state index contributed by atoms with van der Waals surface area (Å²) in [5.74, 6) is -0.606. The van der Waals surface area contributed by atoms with Gasteiger partial charge in [0.05, 0.1) is 16.9 Å². The lowest BCUT2D eigenvalue weighted by Crippen LogP contribution is -2.28. The van der Waals surface area contributed by atoms with E-state index in [0.29, 0.717) is 16.7 Å². The average molecular weight is 369 g/mol. The molecule has 0 saturated carbocycles. The van der Waals surface area contributed by atoms with Crippen molar-refractivity contribution in [3.05, 3.63) is 58.9 Å². The van der Waals surface area contributed by atoms with E-state index in [1.165, 1.54) is 18.2 Å². The molecule has 25 heavy (non-hydrogen) atoms. The molecular formula is C17H11F4NO2S. The van der Waals surface area contributed by atoms with Gasteiger partial charge in [-0.3, -0.25) is 0 Å². The molecule has 0 fully saturated rings. The maximum atomic E-state index is 13.3. The number of halogens is 4. The summed E-state index contributed by atoms with van der Waals surface area (Å²) in [5, 5.41) is 7.52. The number of benzene rings is 2. The van der Waals surface area contributed by atoms with Crippen molar-refractivity contribution in [2.45, 2.75) is 23.6 Å². The molecule has 0 radical (unpaired) electrons. The Kier molecular flexibility index (Phi) is 4.07. The molecule has 1 atom stereocenters. The van der Waals surface area contributed by atoms with E-state index in [9.17, 15) is 31.2 Å². The van der Waals surface area contributed by atoms with Gasteiger partial charge in [-0.2, -0.15) is 18.4 Å². The molecule has 0 aromatic heterocycles. The van der Waals surface area contributed by atoms with Crippen molar-refractivity contribution >= 4 is 9.84 Å². The lowest BCUT2D eigenvalue weighted by atomic mass is 9.94. The molecule has 1 aliphatic rings. The summed E-state index contributed by atoms with van der Waals surface area (Å²) < 4.78 is 75.6. The second kappa shape index (κ2) is 5.85. The Balaban J connectivity index is 2.17. The summed E-state index contributed by atoms with van der Waals surface area (Å²) in [5.41, 5.74) is -3.94. The standard InChI is InChI=1S/C17H11F4NO2S/c18-11-4-5-12(10(8-11)9-22)13-2-1-3-15-14(13)6-7-16(15)25(23,24)17(19,20)21/h1-5,8,16H,6-7H2. The zero-order valence-corrected chi connectivity index (χ0v) is 13.5. The zero-order chi connectivity index (χ0) is 18.4. The van der Waals surface area contributed by atoms with Crippen LogP contribution in [-0.2, 0) is 16.3 Å². The Morgan fingerprint density at radius 1 is 1.12 bits per heavy atom. The average Bonchev–Trinajstić information content (AvgIpc) is 2.98. The van der Waals surface area contributed by atoms with Crippen LogP contribution < -0.4 is 0 Å². The third kappa shape index (κ3) is 2.78. The Hall–Kier alpha value is -2.40. The molecule has 1 unspecified atom stereocenters. The Labute approximate surface area is 141 Å². The minimum atomic E-state index is -5.34. The van der Waals surface area contributed by atoms with Gasteiger partial charge in [-0.25, -0.2) is 12.8 Å². The van der Waals surface area contributed by atoms with E-state index < -0.39 is 26.4 Å². The number of fused-ring (bicyclic) bond motifs is 1. The van der Waals surface area contributed by atoms with E-state index in [2.05, 4.69) is 0 Å². The van der Waals surface area contributed by atoms with E-state index in [4.69, 9.17) is 0 Å². The summed E-state index contributed by atoms with van der Waals surface area (Å²) in [6, 6.07) is 9.80. The topological polar surface area (TPSA) is 57.9 Å². The van der Waals surface area contributed by atoms with Gasteiger partial charge in [-0.15, -0.1) is 0 Å². The van der Waals surface area contributed by atoms with E-state index in [-0.39, 0.29) is 24.0 Å². The fraction of sp³-hybridized carbons (Fsp3) is 0.235. The fourth-order valence-corrected chi connectivity index (χ4v) is 4.50. The Bertz CT molecular complexity index is 991. The monoisotopic (exact) mass is 369 g/mol. The number of hydrogen-bond acceptors (Lipinski definition) is 3. The minimum Gasteiger partial charge on any atom is -0.219 e. The number of nitrogens with zero attached hydrogens (tertiary/aromatic N) is 1. The van der Waals surface area contributed by atoms with Gasteiger partial charge in [0.2, 0.25) is 0 Å². The molecule has 2 aromatic carbocycles. The van der Waals surface area contributed by atoms with Gasteiger partial charge in [-0.05, 0) is 47.2 Å². The maximum absolute atomic E-state index is 13.3. The second-order valence-electron chi connectivity index (χ2n) is 5.69. The quantitative estimate of drug-likeness (QED) is 0.742. The van der Waals surface area contributed by atoms with E-state index >= 15 is 0 Å². The number of hydrogen-bond donors (Lipinski definition) is 0. The van der Waals surface area contributed by atoms with Crippen molar-refractivity contribution in [3.8, 4) is 17.2 Å². The molecular weight excluding hydrogens is 358 g/mol. The molecule has 0 amide bonds. The largest absolute Gasteiger partial charge is 0.498 e. The van der Waals surface area contributed by atoms with Gasteiger partial charge in [0.15, 0.2) is 0 Å².